The van der Waals surface area contributed by atoms with E-state index in [1.165, 1.54) is 0 Å². The summed E-state index contributed by atoms with van der Waals surface area (Å²) < 4.78 is 0. The highest BCUT2D eigenvalue weighted by atomic mass is 32.2. The lowest BCUT2D eigenvalue weighted by Crippen LogP contribution is -2.14. The van der Waals surface area contributed by atoms with Gasteiger partial charge in [0.2, 0.25) is 0 Å². The van der Waals surface area contributed by atoms with E-state index in [0.717, 1.165) is 28.3 Å². The molecule has 0 saturated carbocycles. The maximum atomic E-state index is 8.98. The van der Waals surface area contributed by atoms with E-state index >= 15 is 0 Å². The zero-order valence-corrected chi connectivity index (χ0v) is 10.3. The number of hydrogen-bond donors (Lipinski definition) is 0. The van der Waals surface area contributed by atoms with E-state index in [9.17, 15) is 0 Å². The fourth-order valence-electron chi connectivity index (χ4n) is 1.20. The highest BCUT2D eigenvalue weighted by Crippen LogP contribution is 2.22. The Morgan fingerprint density at radius 2 is 2.13 bits per heavy atom. The maximum absolute atomic E-state index is 8.98. The minimum atomic E-state index is 0.791. The molecule has 3 heteroatoms. The number of rotatable bonds is 4. The highest BCUT2D eigenvalue weighted by Gasteiger charge is 2.02. The predicted octanol–water partition coefficient (Wildman–Crippen LogP) is 2.52. The first-order valence-corrected chi connectivity index (χ1v) is 5.90. The molecule has 0 spiro atoms. The van der Waals surface area contributed by atoms with Crippen molar-refractivity contribution in [1.82, 2.24) is 4.90 Å². The third-order valence-corrected chi connectivity index (χ3v) is 3.11. The van der Waals surface area contributed by atoms with Crippen molar-refractivity contribution in [2.24, 2.45) is 0 Å². The Hall–Kier alpha value is -0.980. The topological polar surface area (TPSA) is 27.0 Å². The molecular weight excluding hydrogens is 204 g/mol. The van der Waals surface area contributed by atoms with Gasteiger partial charge in [-0.05, 0) is 38.7 Å². The summed E-state index contributed by atoms with van der Waals surface area (Å²) >= 11 is 1.74. The van der Waals surface area contributed by atoms with E-state index in [-0.39, 0.29) is 0 Å². The van der Waals surface area contributed by atoms with Gasteiger partial charge in [0.15, 0.2) is 0 Å². The number of aryl methyl sites for hydroxylation is 1. The van der Waals surface area contributed by atoms with E-state index in [0.29, 0.717) is 0 Å². The Morgan fingerprint density at radius 1 is 1.40 bits per heavy atom. The van der Waals surface area contributed by atoms with Crippen LogP contribution in [-0.2, 0) is 0 Å². The summed E-state index contributed by atoms with van der Waals surface area (Å²) in [6.07, 6.45) is 0. The second-order valence-electron chi connectivity index (χ2n) is 3.76. The van der Waals surface area contributed by atoms with Crippen molar-refractivity contribution in [3.05, 3.63) is 29.3 Å². The van der Waals surface area contributed by atoms with E-state index in [4.69, 9.17) is 5.26 Å². The number of nitrogens with zero attached hydrogens (tertiary/aromatic N) is 2. The van der Waals surface area contributed by atoms with Crippen molar-refractivity contribution in [1.29, 1.82) is 5.26 Å². The van der Waals surface area contributed by atoms with Gasteiger partial charge in [0, 0.05) is 17.2 Å². The van der Waals surface area contributed by atoms with Crippen LogP contribution in [0.1, 0.15) is 11.1 Å². The first-order valence-electron chi connectivity index (χ1n) is 4.92. The quantitative estimate of drug-likeness (QED) is 0.730. The zero-order chi connectivity index (χ0) is 11.3. The van der Waals surface area contributed by atoms with Crippen LogP contribution in [0.5, 0.6) is 0 Å². The summed E-state index contributed by atoms with van der Waals surface area (Å²) in [7, 11) is 4.11. The molecule has 0 N–H and O–H groups in total. The predicted molar refractivity (Wildman–Crippen MR) is 65.2 cm³/mol. The number of hydrogen-bond acceptors (Lipinski definition) is 3. The van der Waals surface area contributed by atoms with Crippen LogP contribution in [-0.4, -0.2) is 31.3 Å². The van der Waals surface area contributed by atoms with Crippen molar-refractivity contribution < 1.29 is 0 Å². The summed E-state index contributed by atoms with van der Waals surface area (Å²) in [6, 6.07) is 8.27. The minimum Gasteiger partial charge on any atom is -0.309 e. The third kappa shape index (κ3) is 3.94. The van der Waals surface area contributed by atoms with Crippen LogP contribution in [0.25, 0.3) is 0 Å². The van der Waals surface area contributed by atoms with Crippen LogP contribution in [0.2, 0.25) is 0 Å². The van der Waals surface area contributed by atoms with Crippen LogP contribution < -0.4 is 0 Å². The fourth-order valence-corrected chi connectivity index (χ4v) is 2.30. The lowest BCUT2D eigenvalue weighted by atomic mass is 10.2. The van der Waals surface area contributed by atoms with Crippen LogP contribution in [0.4, 0.5) is 0 Å². The molecule has 1 rings (SSSR count). The minimum absolute atomic E-state index is 0.791. The first kappa shape index (κ1) is 12.1. The fraction of sp³-hybridized carbons (Fsp3) is 0.417. The van der Waals surface area contributed by atoms with Gasteiger partial charge in [-0.2, -0.15) is 5.26 Å². The molecule has 0 aromatic heterocycles. The molecule has 0 radical (unpaired) electrons. The Balaban J connectivity index is 2.65. The van der Waals surface area contributed by atoms with Crippen molar-refractivity contribution in [2.45, 2.75) is 11.8 Å². The SMILES string of the molecule is Cc1ccc(SCCN(C)C)c(C#N)c1. The molecule has 1 aromatic rings. The normalized spacial score (nSPS) is 10.3. The van der Waals surface area contributed by atoms with E-state index in [1.54, 1.807) is 11.8 Å². The lowest BCUT2D eigenvalue weighted by molar-refractivity contribution is 0.437. The largest absolute Gasteiger partial charge is 0.309 e. The van der Waals surface area contributed by atoms with Gasteiger partial charge in [0.1, 0.15) is 6.07 Å². The summed E-state index contributed by atoms with van der Waals surface area (Å²) in [5, 5.41) is 8.98. The van der Waals surface area contributed by atoms with Crippen LogP contribution in [0.15, 0.2) is 23.1 Å². The molecule has 0 aliphatic rings. The van der Waals surface area contributed by atoms with Crippen LogP contribution >= 0.6 is 11.8 Å². The second-order valence-corrected chi connectivity index (χ2v) is 4.90. The van der Waals surface area contributed by atoms with Gasteiger partial charge in [-0.3, -0.25) is 0 Å². The monoisotopic (exact) mass is 220 g/mol. The Kier molecular flexibility index (Phi) is 4.67. The summed E-state index contributed by atoms with van der Waals surface area (Å²) in [5.41, 5.74) is 1.93. The molecule has 1 aromatic carbocycles. The van der Waals surface area contributed by atoms with Gasteiger partial charge in [0.05, 0.1) is 5.56 Å². The lowest BCUT2D eigenvalue weighted by Gasteiger charge is -2.09. The Bertz CT molecular complexity index is 366. The molecule has 0 aliphatic carbocycles. The first-order chi connectivity index (χ1) is 7.13. The van der Waals surface area contributed by atoms with Crippen molar-refractivity contribution in [3.8, 4) is 6.07 Å². The summed E-state index contributed by atoms with van der Waals surface area (Å²) in [6.45, 7) is 3.04. The molecular formula is C12H16N2S. The maximum Gasteiger partial charge on any atom is 0.100 e. The standard InChI is InChI=1S/C12H16N2S/c1-10-4-5-12(11(8-10)9-13)15-7-6-14(2)3/h4-5,8H,6-7H2,1-3H3. The molecule has 0 atom stereocenters. The molecule has 0 bridgehead atoms. The molecule has 0 unspecified atom stereocenters. The molecule has 15 heavy (non-hydrogen) atoms. The second kappa shape index (κ2) is 5.79. The van der Waals surface area contributed by atoms with E-state index in [1.807, 2.05) is 19.1 Å². The molecule has 2 nitrogen and oxygen atoms in total. The molecule has 0 heterocycles. The Labute approximate surface area is 95.9 Å². The van der Waals surface area contributed by atoms with Crippen molar-refractivity contribution >= 4 is 11.8 Å². The number of thioether (sulfide) groups is 1. The number of benzene rings is 1. The summed E-state index contributed by atoms with van der Waals surface area (Å²) in [4.78, 5) is 3.23. The van der Waals surface area contributed by atoms with Gasteiger partial charge >= 0.3 is 0 Å². The smallest absolute Gasteiger partial charge is 0.100 e. The average Bonchev–Trinajstić information content (AvgIpc) is 2.19. The van der Waals surface area contributed by atoms with Crippen molar-refractivity contribution in [2.75, 3.05) is 26.4 Å². The molecule has 0 aliphatic heterocycles. The van der Waals surface area contributed by atoms with Crippen LogP contribution in [0.3, 0.4) is 0 Å². The molecule has 0 fully saturated rings. The van der Waals surface area contributed by atoms with Gasteiger partial charge in [-0.25, -0.2) is 0 Å². The number of nitriles is 1. The van der Waals surface area contributed by atoms with Gasteiger partial charge in [-0.15, -0.1) is 11.8 Å². The average molecular weight is 220 g/mol. The van der Waals surface area contributed by atoms with E-state index < -0.39 is 0 Å². The molecule has 0 amide bonds. The Morgan fingerprint density at radius 3 is 2.73 bits per heavy atom. The zero-order valence-electron chi connectivity index (χ0n) is 9.45. The summed E-state index contributed by atoms with van der Waals surface area (Å²) in [5.74, 6) is 1.02. The van der Waals surface area contributed by atoms with Crippen molar-refractivity contribution in [3.63, 3.8) is 0 Å². The molecule has 80 valence electrons. The van der Waals surface area contributed by atoms with E-state index in [2.05, 4.69) is 31.1 Å². The third-order valence-electron chi connectivity index (χ3n) is 2.05. The highest BCUT2D eigenvalue weighted by molar-refractivity contribution is 7.99. The molecule has 0 saturated heterocycles. The van der Waals surface area contributed by atoms with Gasteiger partial charge in [0.25, 0.3) is 0 Å². The van der Waals surface area contributed by atoms with Gasteiger partial charge in [-0.1, -0.05) is 6.07 Å². The van der Waals surface area contributed by atoms with Gasteiger partial charge < -0.3 is 4.90 Å². The van der Waals surface area contributed by atoms with Crippen LogP contribution in [0, 0.1) is 18.3 Å².